The quantitative estimate of drug-likeness (QED) is 0.544. The molecular weight excluding hydrogens is 391 g/mol. The molecule has 1 aromatic carbocycles. The number of piperidine rings is 1. The SMILES string of the molecule is CN(CC1CCCO1)C(=O)C1CCN(c2ccc(C(F)(F)F)cc2[N+](=O)[O-])CC1. The number of ether oxygens (including phenoxy) is 1. The van der Waals surface area contributed by atoms with Crippen LogP contribution in [0.1, 0.15) is 31.2 Å². The van der Waals surface area contributed by atoms with Gasteiger partial charge in [0.1, 0.15) is 5.69 Å². The predicted octanol–water partition coefficient (Wildman–Crippen LogP) is 3.47. The Bertz CT molecular complexity index is 758. The lowest BCUT2D eigenvalue weighted by molar-refractivity contribution is -0.384. The van der Waals surface area contributed by atoms with Gasteiger partial charge in [0, 0.05) is 45.3 Å². The zero-order valence-electron chi connectivity index (χ0n) is 16.2. The number of carbonyl (C=O) groups is 1. The van der Waals surface area contributed by atoms with Gasteiger partial charge in [0.15, 0.2) is 0 Å². The van der Waals surface area contributed by atoms with E-state index in [-0.39, 0.29) is 23.6 Å². The van der Waals surface area contributed by atoms with E-state index < -0.39 is 22.4 Å². The molecule has 0 spiro atoms. The summed E-state index contributed by atoms with van der Waals surface area (Å²) in [5.74, 6) is -0.187. The van der Waals surface area contributed by atoms with Gasteiger partial charge in [-0.25, -0.2) is 0 Å². The van der Waals surface area contributed by atoms with E-state index in [1.165, 1.54) is 0 Å². The van der Waals surface area contributed by atoms with Crippen LogP contribution in [0.15, 0.2) is 18.2 Å². The van der Waals surface area contributed by atoms with Gasteiger partial charge in [-0.05, 0) is 37.8 Å². The Morgan fingerprint density at radius 1 is 1.31 bits per heavy atom. The smallest absolute Gasteiger partial charge is 0.376 e. The van der Waals surface area contributed by atoms with E-state index in [1.807, 2.05) is 0 Å². The van der Waals surface area contributed by atoms with Crippen molar-refractivity contribution in [2.45, 2.75) is 38.0 Å². The Kier molecular flexibility index (Phi) is 6.30. The van der Waals surface area contributed by atoms with Crippen LogP contribution in [0.5, 0.6) is 0 Å². The first-order valence-electron chi connectivity index (χ1n) is 9.64. The number of amides is 1. The van der Waals surface area contributed by atoms with Gasteiger partial charge in [-0.15, -0.1) is 0 Å². The summed E-state index contributed by atoms with van der Waals surface area (Å²) in [5, 5.41) is 11.3. The number of nitro groups is 1. The van der Waals surface area contributed by atoms with Gasteiger partial charge in [-0.3, -0.25) is 14.9 Å². The monoisotopic (exact) mass is 415 g/mol. The summed E-state index contributed by atoms with van der Waals surface area (Å²) in [6.45, 7) is 2.01. The summed E-state index contributed by atoms with van der Waals surface area (Å²) in [6, 6.07) is 2.57. The maximum atomic E-state index is 12.9. The molecule has 7 nitrogen and oxygen atoms in total. The average Bonchev–Trinajstić information content (AvgIpc) is 3.19. The topological polar surface area (TPSA) is 75.9 Å². The van der Waals surface area contributed by atoms with Gasteiger partial charge in [0.2, 0.25) is 5.91 Å². The first-order chi connectivity index (χ1) is 13.7. The number of likely N-dealkylation sites (N-methyl/N-ethyl adjacent to an activating group) is 1. The van der Waals surface area contributed by atoms with E-state index in [9.17, 15) is 28.1 Å². The molecule has 160 valence electrons. The predicted molar refractivity (Wildman–Crippen MR) is 99.6 cm³/mol. The van der Waals surface area contributed by atoms with Gasteiger partial charge in [0.05, 0.1) is 16.6 Å². The fourth-order valence-electron chi connectivity index (χ4n) is 3.98. The van der Waals surface area contributed by atoms with E-state index in [4.69, 9.17) is 4.74 Å². The lowest BCUT2D eigenvalue weighted by atomic mass is 9.94. The Labute approximate surface area is 166 Å². The molecule has 1 atom stereocenters. The number of rotatable bonds is 5. The van der Waals surface area contributed by atoms with E-state index in [0.717, 1.165) is 31.6 Å². The number of alkyl halides is 3. The molecule has 2 saturated heterocycles. The Balaban J connectivity index is 1.64. The molecule has 2 fully saturated rings. The lowest BCUT2D eigenvalue weighted by Crippen LogP contribution is -2.43. The second-order valence-corrected chi connectivity index (χ2v) is 7.57. The standard InChI is InChI=1S/C19H24F3N3O4/c1-23(12-15-3-2-10-29-15)18(26)13-6-8-24(9-7-13)16-5-4-14(19(20,21)22)11-17(16)25(27)28/h4-5,11,13,15H,2-3,6-10,12H2,1H3. The summed E-state index contributed by atoms with van der Waals surface area (Å²) >= 11 is 0. The summed E-state index contributed by atoms with van der Waals surface area (Å²) < 4.78 is 44.2. The molecule has 0 aliphatic carbocycles. The second kappa shape index (κ2) is 8.56. The zero-order valence-corrected chi connectivity index (χ0v) is 16.2. The van der Waals surface area contributed by atoms with Gasteiger partial charge in [-0.2, -0.15) is 13.2 Å². The third kappa shape index (κ3) is 4.98. The minimum Gasteiger partial charge on any atom is -0.376 e. The second-order valence-electron chi connectivity index (χ2n) is 7.57. The highest BCUT2D eigenvalue weighted by atomic mass is 19.4. The first-order valence-corrected chi connectivity index (χ1v) is 9.64. The van der Waals surface area contributed by atoms with Crippen molar-refractivity contribution in [3.63, 3.8) is 0 Å². The highest BCUT2D eigenvalue weighted by molar-refractivity contribution is 5.79. The number of halogens is 3. The van der Waals surface area contributed by atoms with Crippen LogP contribution < -0.4 is 4.90 Å². The highest BCUT2D eigenvalue weighted by Crippen LogP contribution is 2.37. The molecule has 0 N–H and O–H groups in total. The van der Waals surface area contributed by atoms with Crippen molar-refractivity contribution >= 4 is 17.3 Å². The minimum absolute atomic E-state index is 0.0158. The van der Waals surface area contributed by atoms with Crippen LogP contribution in [0.4, 0.5) is 24.5 Å². The molecular formula is C19H24F3N3O4. The molecule has 0 bridgehead atoms. The number of anilines is 1. The fraction of sp³-hybridized carbons (Fsp3) is 0.632. The van der Waals surface area contributed by atoms with Crippen molar-refractivity contribution in [1.82, 2.24) is 4.90 Å². The maximum absolute atomic E-state index is 12.9. The third-order valence-electron chi connectivity index (χ3n) is 5.56. The molecule has 1 aromatic rings. The molecule has 2 aliphatic rings. The van der Waals surface area contributed by atoms with Crippen LogP contribution in [0, 0.1) is 16.0 Å². The minimum atomic E-state index is -4.64. The van der Waals surface area contributed by atoms with Crippen molar-refractivity contribution in [3.05, 3.63) is 33.9 Å². The Morgan fingerprint density at radius 3 is 2.55 bits per heavy atom. The molecule has 1 unspecified atom stereocenters. The average molecular weight is 415 g/mol. The lowest BCUT2D eigenvalue weighted by Gasteiger charge is -2.34. The van der Waals surface area contributed by atoms with Gasteiger partial charge in [0.25, 0.3) is 5.69 Å². The number of benzene rings is 1. The van der Waals surface area contributed by atoms with E-state index in [1.54, 1.807) is 16.8 Å². The van der Waals surface area contributed by atoms with Crippen molar-refractivity contribution < 1.29 is 27.6 Å². The summed E-state index contributed by atoms with van der Waals surface area (Å²) in [5.41, 5.74) is -1.46. The third-order valence-corrected chi connectivity index (χ3v) is 5.56. The number of carbonyl (C=O) groups excluding carboxylic acids is 1. The molecule has 29 heavy (non-hydrogen) atoms. The highest BCUT2D eigenvalue weighted by Gasteiger charge is 2.35. The van der Waals surface area contributed by atoms with E-state index >= 15 is 0 Å². The summed E-state index contributed by atoms with van der Waals surface area (Å²) in [6.07, 6.45) is -1.65. The molecule has 2 heterocycles. The molecule has 0 aromatic heterocycles. The van der Waals surface area contributed by atoms with Crippen LogP contribution in [-0.4, -0.2) is 55.1 Å². The van der Waals surface area contributed by atoms with Gasteiger partial charge < -0.3 is 14.5 Å². The van der Waals surface area contributed by atoms with Crippen LogP contribution in [-0.2, 0) is 15.7 Å². The largest absolute Gasteiger partial charge is 0.416 e. The van der Waals surface area contributed by atoms with Crippen molar-refractivity contribution in [3.8, 4) is 0 Å². The normalized spacial score (nSPS) is 20.7. The van der Waals surface area contributed by atoms with Gasteiger partial charge in [-0.1, -0.05) is 0 Å². The summed E-state index contributed by atoms with van der Waals surface area (Å²) in [7, 11) is 1.75. The molecule has 3 rings (SSSR count). The van der Waals surface area contributed by atoms with Crippen molar-refractivity contribution in [2.75, 3.05) is 38.2 Å². The van der Waals surface area contributed by atoms with E-state index in [0.29, 0.717) is 38.5 Å². The molecule has 10 heteroatoms. The zero-order chi connectivity index (χ0) is 21.2. The molecule has 0 saturated carbocycles. The van der Waals surface area contributed by atoms with Gasteiger partial charge >= 0.3 is 6.18 Å². The summed E-state index contributed by atoms with van der Waals surface area (Å²) in [4.78, 5) is 26.6. The van der Waals surface area contributed by atoms with Crippen molar-refractivity contribution in [1.29, 1.82) is 0 Å². The number of nitro benzene ring substituents is 1. The van der Waals surface area contributed by atoms with E-state index in [2.05, 4.69) is 0 Å². The van der Waals surface area contributed by atoms with Crippen LogP contribution in [0.2, 0.25) is 0 Å². The molecule has 2 aliphatic heterocycles. The van der Waals surface area contributed by atoms with Crippen LogP contribution in [0.3, 0.4) is 0 Å². The Hall–Kier alpha value is -2.36. The first kappa shape index (κ1) is 21.4. The van der Waals surface area contributed by atoms with Crippen molar-refractivity contribution in [2.24, 2.45) is 5.92 Å². The van der Waals surface area contributed by atoms with Crippen LogP contribution in [0.25, 0.3) is 0 Å². The molecule has 1 amide bonds. The van der Waals surface area contributed by atoms with Crippen LogP contribution >= 0.6 is 0 Å². The number of hydrogen-bond acceptors (Lipinski definition) is 5. The number of nitrogens with zero attached hydrogens (tertiary/aromatic N) is 3. The number of hydrogen-bond donors (Lipinski definition) is 0. The maximum Gasteiger partial charge on any atom is 0.416 e. The Morgan fingerprint density at radius 2 is 2.00 bits per heavy atom. The molecule has 0 radical (unpaired) electrons. The fourth-order valence-corrected chi connectivity index (χ4v) is 3.98.